The van der Waals surface area contributed by atoms with Crippen LogP contribution in [0.1, 0.15) is 0 Å². The van der Waals surface area contributed by atoms with Gasteiger partial charge in [0.2, 0.25) is 0 Å². The summed E-state index contributed by atoms with van der Waals surface area (Å²) in [4.78, 5) is 10.4. The molecule has 1 heterocycles. The van der Waals surface area contributed by atoms with Gasteiger partial charge in [-0.3, -0.25) is 0 Å². The fraction of sp³-hybridized carbons (Fsp3) is 0. The predicted molar refractivity (Wildman–Crippen MR) is 218 cm³/mol. The molecule has 1 aliphatic carbocycles. The summed E-state index contributed by atoms with van der Waals surface area (Å²) in [6.45, 7) is 0. The van der Waals surface area contributed by atoms with Crippen LogP contribution in [0.15, 0.2) is 182 Å². The lowest BCUT2D eigenvalue weighted by molar-refractivity contribution is 1.18. The molecule has 52 heavy (non-hydrogen) atoms. The van der Waals surface area contributed by atoms with Gasteiger partial charge in [-0.15, -0.1) is 0 Å². The molecule has 10 aromatic rings. The predicted octanol–water partition coefficient (Wildman–Crippen LogP) is 13.4. The Kier molecular flexibility index (Phi) is 6.28. The van der Waals surface area contributed by atoms with E-state index in [4.69, 9.17) is 9.97 Å². The van der Waals surface area contributed by atoms with Crippen LogP contribution in [0, 0.1) is 0 Å². The van der Waals surface area contributed by atoms with Crippen LogP contribution in [-0.2, 0) is 0 Å². The quantitative estimate of drug-likeness (QED) is 0.139. The summed E-state index contributed by atoms with van der Waals surface area (Å²) in [6.07, 6.45) is 0. The molecule has 0 bridgehead atoms. The van der Waals surface area contributed by atoms with E-state index in [2.05, 4.69) is 176 Å². The molecule has 0 saturated heterocycles. The van der Waals surface area contributed by atoms with E-state index in [1.54, 1.807) is 0 Å². The van der Waals surface area contributed by atoms with Crippen molar-refractivity contribution in [1.29, 1.82) is 0 Å². The second-order valence-corrected chi connectivity index (χ2v) is 13.7. The van der Waals surface area contributed by atoms with Gasteiger partial charge in [0.05, 0.1) is 11.4 Å². The highest BCUT2D eigenvalue weighted by Gasteiger charge is 2.22. The standard InChI is InChI=1S/C50H30N2/c1-2-11-32(12-3-1)46-30-47(37-25-26-40-41-18-8-14-33-15-9-19-42(49(33)41)45(40)29-37)52-50(51-46)35-22-20-34(21-23-35)48-39-17-7-5-13-36(39)28-44-38-16-6-4-10-31(38)24-27-43(44)48/h1-30H. The van der Waals surface area contributed by atoms with E-state index in [1.807, 2.05) is 6.07 Å². The first-order chi connectivity index (χ1) is 25.8. The third kappa shape index (κ3) is 4.44. The third-order valence-electron chi connectivity index (χ3n) is 10.8. The van der Waals surface area contributed by atoms with Crippen LogP contribution in [0.2, 0.25) is 0 Å². The first-order valence-corrected chi connectivity index (χ1v) is 17.8. The van der Waals surface area contributed by atoms with Gasteiger partial charge in [0, 0.05) is 16.7 Å². The van der Waals surface area contributed by atoms with Crippen LogP contribution in [0.4, 0.5) is 0 Å². The molecule has 0 unspecified atom stereocenters. The largest absolute Gasteiger partial charge is 0.228 e. The monoisotopic (exact) mass is 658 g/mol. The minimum absolute atomic E-state index is 0.711. The van der Waals surface area contributed by atoms with Crippen LogP contribution in [0.5, 0.6) is 0 Å². The van der Waals surface area contributed by atoms with Gasteiger partial charge in [0.25, 0.3) is 0 Å². The molecule has 2 nitrogen and oxygen atoms in total. The third-order valence-corrected chi connectivity index (χ3v) is 10.8. The van der Waals surface area contributed by atoms with Crippen molar-refractivity contribution in [3.8, 4) is 67.3 Å². The summed E-state index contributed by atoms with van der Waals surface area (Å²) in [6, 6.07) is 65.6. The zero-order valence-corrected chi connectivity index (χ0v) is 28.2. The highest BCUT2D eigenvalue weighted by molar-refractivity contribution is 6.20. The molecule has 0 N–H and O–H groups in total. The summed E-state index contributed by atoms with van der Waals surface area (Å²) in [5, 5.41) is 10.1. The average molecular weight is 659 g/mol. The highest BCUT2D eigenvalue weighted by Crippen LogP contribution is 2.48. The summed E-state index contributed by atoms with van der Waals surface area (Å²) in [7, 11) is 0. The average Bonchev–Trinajstić information content (AvgIpc) is 3.54. The number of fused-ring (bicyclic) bond motifs is 7. The molecule has 0 radical (unpaired) electrons. The Labute approximate surface area is 301 Å². The molecular weight excluding hydrogens is 629 g/mol. The van der Waals surface area contributed by atoms with Crippen molar-refractivity contribution < 1.29 is 0 Å². The Hall–Kier alpha value is -6.90. The van der Waals surface area contributed by atoms with Gasteiger partial charge in [0.1, 0.15) is 0 Å². The molecular formula is C50H30N2. The van der Waals surface area contributed by atoms with Gasteiger partial charge in [-0.1, -0.05) is 164 Å². The SMILES string of the molecule is c1ccc(-c2cc(-c3ccc4c(c3)-c3cccc5cccc-4c35)nc(-c3ccc(-c4c5ccccc5cc5c4ccc4ccccc45)cc3)n2)cc1. The number of hydrogen-bond donors (Lipinski definition) is 0. The lowest BCUT2D eigenvalue weighted by atomic mass is 9.89. The van der Waals surface area contributed by atoms with Crippen LogP contribution in [0.25, 0.3) is 110 Å². The maximum absolute atomic E-state index is 5.25. The Balaban J connectivity index is 1.06. The summed E-state index contributed by atoms with van der Waals surface area (Å²) < 4.78 is 0. The van der Waals surface area contributed by atoms with E-state index in [9.17, 15) is 0 Å². The fourth-order valence-electron chi connectivity index (χ4n) is 8.35. The van der Waals surface area contributed by atoms with E-state index in [0.717, 1.165) is 28.1 Å². The maximum atomic E-state index is 5.25. The fourth-order valence-corrected chi connectivity index (χ4v) is 8.35. The van der Waals surface area contributed by atoms with Gasteiger partial charge in [-0.2, -0.15) is 0 Å². The molecule has 240 valence electrons. The molecule has 1 aliphatic rings. The number of benzene rings is 9. The lowest BCUT2D eigenvalue weighted by Gasteiger charge is -2.15. The maximum Gasteiger partial charge on any atom is 0.160 e. The van der Waals surface area contributed by atoms with E-state index >= 15 is 0 Å². The van der Waals surface area contributed by atoms with Gasteiger partial charge < -0.3 is 0 Å². The van der Waals surface area contributed by atoms with Crippen LogP contribution < -0.4 is 0 Å². The van der Waals surface area contributed by atoms with Gasteiger partial charge >= 0.3 is 0 Å². The first-order valence-electron chi connectivity index (χ1n) is 17.8. The zero-order chi connectivity index (χ0) is 34.2. The topological polar surface area (TPSA) is 25.8 Å². The Morgan fingerprint density at radius 3 is 1.73 bits per heavy atom. The van der Waals surface area contributed by atoms with Crippen molar-refractivity contribution in [3.05, 3.63) is 182 Å². The van der Waals surface area contributed by atoms with Gasteiger partial charge in [-0.25, -0.2) is 9.97 Å². The van der Waals surface area contributed by atoms with E-state index in [1.165, 1.54) is 76.5 Å². The normalized spacial score (nSPS) is 11.8. The summed E-state index contributed by atoms with van der Waals surface area (Å²) in [5.74, 6) is 0.711. The lowest BCUT2D eigenvalue weighted by Crippen LogP contribution is -1.96. The Bertz CT molecular complexity index is 3050. The molecule has 0 amide bonds. The molecule has 1 aromatic heterocycles. The molecule has 2 heteroatoms. The zero-order valence-electron chi connectivity index (χ0n) is 28.2. The summed E-state index contributed by atoms with van der Waals surface area (Å²) in [5.41, 5.74) is 12.5. The van der Waals surface area contributed by atoms with E-state index < -0.39 is 0 Å². The minimum atomic E-state index is 0.711. The van der Waals surface area contributed by atoms with Crippen LogP contribution in [-0.4, -0.2) is 9.97 Å². The highest BCUT2D eigenvalue weighted by atomic mass is 14.9. The minimum Gasteiger partial charge on any atom is -0.228 e. The number of nitrogens with zero attached hydrogens (tertiary/aromatic N) is 2. The molecule has 0 aliphatic heterocycles. The number of rotatable bonds is 4. The second-order valence-electron chi connectivity index (χ2n) is 13.7. The molecule has 0 spiro atoms. The van der Waals surface area contributed by atoms with Crippen molar-refractivity contribution in [3.63, 3.8) is 0 Å². The number of hydrogen-bond acceptors (Lipinski definition) is 2. The Morgan fingerprint density at radius 1 is 0.288 bits per heavy atom. The van der Waals surface area contributed by atoms with Crippen molar-refractivity contribution in [2.24, 2.45) is 0 Å². The molecule has 0 atom stereocenters. The molecule has 9 aromatic carbocycles. The van der Waals surface area contributed by atoms with Gasteiger partial charge in [0.15, 0.2) is 5.82 Å². The first kappa shape index (κ1) is 28.9. The van der Waals surface area contributed by atoms with E-state index in [0.29, 0.717) is 5.82 Å². The molecule has 11 rings (SSSR count). The number of aromatic nitrogens is 2. The van der Waals surface area contributed by atoms with Crippen LogP contribution >= 0.6 is 0 Å². The summed E-state index contributed by atoms with van der Waals surface area (Å²) >= 11 is 0. The van der Waals surface area contributed by atoms with Crippen molar-refractivity contribution in [1.82, 2.24) is 9.97 Å². The smallest absolute Gasteiger partial charge is 0.160 e. The van der Waals surface area contributed by atoms with E-state index in [-0.39, 0.29) is 0 Å². The molecule has 0 fully saturated rings. The molecule has 0 saturated carbocycles. The Morgan fingerprint density at radius 2 is 0.923 bits per heavy atom. The second kappa shape index (κ2) is 11.3. The van der Waals surface area contributed by atoms with Gasteiger partial charge in [-0.05, 0) is 94.7 Å². The van der Waals surface area contributed by atoms with Crippen LogP contribution in [0.3, 0.4) is 0 Å². The van der Waals surface area contributed by atoms with Crippen molar-refractivity contribution in [2.45, 2.75) is 0 Å². The van der Waals surface area contributed by atoms with Crippen molar-refractivity contribution >= 4 is 43.1 Å². The van der Waals surface area contributed by atoms with Crippen molar-refractivity contribution in [2.75, 3.05) is 0 Å².